The molecule has 0 spiro atoms. The normalized spacial score (nSPS) is 29.2. The number of amides is 3. The number of imide groups is 1. The van der Waals surface area contributed by atoms with Crippen molar-refractivity contribution in [2.24, 2.45) is 5.73 Å². The Kier molecular flexibility index (Phi) is 4.08. The standard InChI is InChI=1S/C19H24N4O3/c1-19(20)6-7-22(11-19)9-12-2-3-14-13(8-12)10-23(18(14)26)15-4-5-16(24)21-17(15)25/h2-3,8,15H,4-7,9-11,20H2,1H3,(H,21,24,25)/t15?,19-/m0/s1. The zero-order chi connectivity index (χ0) is 18.5. The summed E-state index contributed by atoms with van der Waals surface area (Å²) in [5, 5.41) is 2.33. The number of nitrogens with two attached hydrogens (primary N) is 1. The van der Waals surface area contributed by atoms with Crippen molar-refractivity contribution < 1.29 is 14.4 Å². The smallest absolute Gasteiger partial charge is 0.255 e. The Labute approximate surface area is 152 Å². The summed E-state index contributed by atoms with van der Waals surface area (Å²) in [6, 6.07) is 5.34. The molecule has 26 heavy (non-hydrogen) atoms. The van der Waals surface area contributed by atoms with Crippen molar-refractivity contribution in [2.45, 2.75) is 50.9 Å². The van der Waals surface area contributed by atoms with E-state index in [0.29, 0.717) is 18.5 Å². The number of nitrogens with one attached hydrogen (secondary N) is 1. The van der Waals surface area contributed by atoms with E-state index >= 15 is 0 Å². The van der Waals surface area contributed by atoms with Gasteiger partial charge in [-0.3, -0.25) is 24.6 Å². The predicted octanol–water partition coefficient (Wildman–Crippen LogP) is 0.371. The van der Waals surface area contributed by atoms with Gasteiger partial charge in [0, 0.05) is 43.7 Å². The maximum atomic E-state index is 12.7. The lowest BCUT2D eigenvalue weighted by molar-refractivity contribution is -0.136. The minimum absolute atomic E-state index is 0.128. The third-order valence-electron chi connectivity index (χ3n) is 5.58. The highest BCUT2D eigenvalue weighted by molar-refractivity contribution is 6.05. The maximum Gasteiger partial charge on any atom is 0.255 e. The topological polar surface area (TPSA) is 95.7 Å². The summed E-state index contributed by atoms with van der Waals surface area (Å²) in [5.74, 6) is -0.770. The Morgan fingerprint density at radius 1 is 1.31 bits per heavy atom. The predicted molar refractivity (Wildman–Crippen MR) is 95.0 cm³/mol. The van der Waals surface area contributed by atoms with Gasteiger partial charge in [0.1, 0.15) is 6.04 Å². The van der Waals surface area contributed by atoms with Crippen LogP contribution in [0.1, 0.15) is 47.7 Å². The quantitative estimate of drug-likeness (QED) is 0.763. The van der Waals surface area contributed by atoms with Gasteiger partial charge in [-0.05, 0) is 37.0 Å². The third-order valence-corrected chi connectivity index (χ3v) is 5.58. The second kappa shape index (κ2) is 6.17. The first-order chi connectivity index (χ1) is 12.3. The fourth-order valence-corrected chi connectivity index (χ4v) is 4.20. The summed E-state index contributed by atoms with van der Waals surface area (Å²) in [5.41, 5.74) is 8.83. The number of fused-ring (bicyclic) bond motifs is 1. The van der Waals surface area contributed by atoms with Crippen molar-refractivity contribution >= 4 is 17.7 Å². The largest absolute Gasteiger partial charge is 0.324 e. The summed E-state index contributed by atoms with van der Waals surface area (Å²) in [7, 11) is 0. The van der Waals surface area contributed by atoms with Gasteiger partial charge in [0.05, 0.1) is 0 Å². The van der Waals surface area contributed by atoms with Crippen LogP contribution in [0.2, 0.25) is 0 Å². The molecule has 138 valence electrons. The number of rotatable bonds is 3. The molecule has 0 saturated carbocycles. The van der Waals surface area contributed by atoms with E-state index in [4.69, 9.17) is 5.73 Å². The van der Waals surface area contributed by atoms with Gasteiger partial charge in [0.2, 0.25) is 11.8 Å². The van der Waals surface area contributed by atoms with Gasteiger partial charge in [-0.25, -0.2) is 0 Å². The molecule has 3 heterocycles. The van der Waals surface area contributed by atoms with Crippen molar-refractivity contribution in [1.82, 2.24) is 15.1 Å². The summed E-state index contributed by atoms with van der Waals surface area (Å²) in [6.45, 7) is 5.15. The molecule has 1 unspecified atom stereocenters. The molecule has 3 N–H and O–H groups in total. The highest BCUT2D eigenvalue weighted by Gasteiger charge is 2.39. The molecule has 0 aliphatic carbocycles. The molecule has 0 aromatic heterocycles. The van der Waals surface area contributed by atoms with Crippen LogP contribution < -0.4 is 11.1 Å². The summed E-state index contributed by atoms with van der Waals surface area (Å²) >= 11 is 0. The minimum Gasteiger partial charge on any atom is -0.324 e. The summed E-state index contributed by atoms with van der Waals surface area (Å²) < 4.78 is 0. The van der Waals surface area contributed by atoms with Gasteiger partial charge in [0.15, 0.2) is 0 Å². The lowest BCUT2D eigenvalue weighted by Gasteiger charge is -2.29. The van der Waals surface area contributed by atoms with Gasteiger partial charge in [-0.1, -0.05) is 12.1 Å². The highest BCUT2D eigenvalue weighted by Crippen LogP contribution is 2.29. The first-order valence-corrected chi connectivity index (χ1v) is 9.10. The van der Waals surface area contributed by atoms with E-state index < -0.39 is 6.04 Å². The van der Waals surface area contributed by atoms with Crippen molar-refractivity contribution in [3.63, 3.8) is 0 Å². The van der Waals surface area contributed by atoms with Crippen LogP contribution in [0, 0.1) is 0 Å². The van der Waals surface area contributed by atoms with Crippen LogP contribution in [-0.2, 0) is 22.7 Å². The number of carbonyl (C=O) groups excluding carboxylic acids is 3. The summed E-state index contributed by atoms with van der Waals surface area (Å²) in [6.07, 6.45) is 1.65. The van der Waals surface area contributed by atoms with E-state index in [1.807, 2.05) is 12.1 Å². The molecule has 2 fully saturated rings. The number of benzene rings is 1. The fraction of sp³-hybridized carbons (Fsp3) is 0.526. The number of likely N-dealkylation sites (tertiary alicyclic amines) is 1. The van der Waals surface area contributed by atoms with E-state index in [0.717, 1.165) is 37.2 Å². The molecule has 1 aromatic rings. The van der Waals surface area contributed by atoms with E-state index in [1.165, 1.54) is 0 Å². The fourth-order valence-electron chi connectivity index (χ4n) is 4.20. The SMILES string of the molecule is C[C@]1(N)CCN(Cc2ccc3c(c2)CN(C2CCC(=O)NC2=O)C3=O)C1. The lowest BCUT2D eigenvalue weighted by atomic mass is 10.0. The zero-order valence-corrected chi connectivity index (χ0v) is 15.0. The van der Waals surface area contributed by atoms with Gasteiger partial charge in [0.25, 0.3) is 5.91 Å². The van der Waals surface area contributed by atoms with Crippen LogP contribution in [0.5, 0.6) is 0 Å². The molecule has 2 atom stereocenters. The second-order valence-corrected chi connectivity index (χ2v) is 8.01. The van der Waals surface area contributed by atoms with Crippen LogP contribution in [-0.4, -0.2) is 52.2 Å². The first kappa shape index (κ1) is 17.2. The molecule has 7 nitrogen and oxygen atoms in total. The van der Waals surface area contributed by atoms with Crippen molar-refractivity contribution in [3.05, 3.63) is 34.9 Å². The first-order valence-electron chi connectivity index (χ1n) is 9.10. The third kappa shape index (κ3) is 3.12. The molecule has 0 radical (unpaired) electrons. The van der Waals surface area contributed by atoms with Gasteiger partial charge in [-0.2, -0.15) is 0 Å². The minimum atomic E-state index is -0.562. The second-order valence-electron chi connectivity index (χ2n) is 8.01. The van der Waals surface area contributed by atoms with E-state index in [9.17, 15) is 14.4 Å². The highest BCUT2D eigenvalue weighted by atomic mass is 16.2. The van der Waals surface area contributed by atoms with Crippen molar-refractivity contribution in [2.75, 3.05) is 13.1 Å². The monoisotopic (exact) mass is 356 g/mol. The average Bonchev–Trinajstić information content (AvgIpc) is 3.07. The molecular formula is C19H24N4O3. The molecule has 7 heteroatoms. The number of carbonyl (C=O) groups is 3. The number of nitrogens with zero attached hydrogens (tertiary/aromatic N) is 2. The van der Waals surface area contributed by atoms with E-state index in [2.05, 4.69) is 23.2 Å². The molecule has 3 aliphatic heterocycles. The van der Waals surface area contributed by atoms with E-state index in [-0.39, 0.29) is 29.7 Å². The van der Waals surface area contributed by atoms with Crippen LogP contribution in [0.4, 0.5) is 0 Å². The number of piperidine rings is 1. The molecule has 1 aromatic carbocycles. The molecule has 4 rings (SSSR count). The molecular weight excluding hydrogens is 332 g/mol. The summed E-state index contributed by atoms with van der Waals surface area (Å²) in [4.78, 5) is 40.1. The van der Waals surface area contributed by atoms with Gasteiger partial charge < -0.3 is 10.6 Å². The van der Waals surface area contributed by atoms with E-state index in [1.54, 1.807) is 4.90 Å². The molecule has 2 saturated heterocycles. The lowest BCUT2D eigenvalue weighted by Crippen LogP contribution is -2.52. The molecule has 3 amide bonds. The Hall–Kier alpha value is -2.25. The zero-order valence-electron chi connectivity index (χ0n) is 15.0. The molecule has 0 bridgehead atoms. The van der Waals surface area contributed by atoms with Gasteiger partial charge in [-0.15, -0.1) is 0 Å². The number of hydrogen-bond acceptors (Lipinski definition) is 5. The van der Waals surface area contributed by atoms with Crippen LogP contribution >= 0.6 is 0 Å². The Morgan fingerprint density at radius 2 is 2.12 bits per heavy atom. The Balaban J connectivity index is 1.48. The van der Waals surface area contributed by atoms with Gasteiger partial charge >= 0.3 is 0 Å². The maximum absolute atomic E-state index is 12.7. The van der Waals surface area contributed by atoms with Crippen LogP contribution in [0.15, 0.2) is 18.2 Å². The average molecular weight is 356 g/mol. The van der Waals surface area contributed by atoms with Crippen molar-refractivity contribution in [3.8, 4) is 0 Å². The Morgan fingerprint density at radius 3 is 2.81 bits per heavy atom. The van der Waals surface area contributed by atoms with Crippen LogP contribution in [0.3, 0.4) is 0 Å². The molecule has 3 aliphatic rings. The Bertz CT molecular complexity index is 789. The number of hydrogen-bond donors (Lipinski definition) is 2. The van der Waals surface area contributed by atoms with Crippen molar-refractivity contribution in [1.29, 1.82) is 0 Å². The van der Waals surface area contributed by atoms with Crippen LogP contribution in [0.25, 0.3) is 0 Å².